The average Bonchev–Trinajstić information content (AvgIpc) is 2.70. The predicted octanol–water partition coefficient (Wildman–Crippen LogP) is -0.647. The van der Waals surface area contributed by atoms with E-state index in [1.165, 1.54) is 11.9 Å². The van der Waals surface area contributed by atoms with Crippen molar-refractivity contribution in [1.29, 1.82) is 0 Å². The first-order valence-electron chi connectivity index (χ1n) is 6.14. The van der Waals surface area contributed by atoms with Gasteiger partial charge < -0.3 is 15.3 Å². The van der Waals surface area contributed by atoms with Gasteiger partial charge in [0.25, 0.3) is 5.91 Å². The summed E-state index contributed by atoms with van der Waals surface area (Å²) in [6.07, 6.45) is 0.501. The van der Waals surface area contributed by atoms with Crippen molar-refractivity contribution in [3.05, 3.63) is 23.9 Å². The van der Waals surface area contributed by atoms with Crippen LogP contribution in [0.1, 0.15) is 10.4 Å². The number of likely N-dealkylation sites (N-methyl/N-ethyl adjacent to an activating group) is 1. The van der Waals surface area contributed by atoms with Gasteiger partial charge in [0.2, 0.25) is 0 Å². The van der Waals surface area contributed by atoms with Crippen LogP contribution in [0.2, 0.25) is 0 Å². The van der Waals surface area contributed by atoms with E-state index in [1.807, 2.05) is 0 Å². The van der Waals surface area contributed by atoms with Crippen molar-refractivity contribution < 1.29 is 18.3 Å². The van der Waals surface area contributed by atoms with Crippen LogP contribution in [0.15, 0.2) is 18.3 Å². The van der Waals surface area contributed by atoms with Gasteiger partial charge in [-0.3, -0.25) is 4.79 Å². The van der Waals surface area contributed by atoms with Gasteiger partial charge in [-0.25, -0.2) is 13.4 Å². The molecule has 1 aromatic heterocycles. The topological polar surface area (TPSA) is 99.6 Å². The first-order chi connectivity index (χ1) is 9.35. The summed E-state index contributed by atoms with van der Waals surface area (Å²) >= 11 is 0. The molecule has 0 spiro atoms. The Bertz CT molecular complexity index is 617. The molecule has 1 fully saturated rings. The van der Waals surface area contributed by atoms with E-state index in [9.17, 15) is 18.3 Å². The molecule has 1 aromatic rings. The van der Waals surface area contributed by atoms with Crippen molar-refractivity contribution in [2.45, 2.75) is 12.1 Å². The summed E-state index contributed by atoms with van der Waals surface area (Å²) in [5.74, 6) is -0.476. The van der Waals surface area contributed by atoms with E-state index < -0.39 is 22.0 Å². The fourth-order valence-corrected chi connectivity index (χ4v) is 4.14. The molecule has 2 atom stereocenters. The van der Waals surface area contributed by atoms with Gasteiger partial charge in [-0.15, -0.1) is 0 Å². The van der Waals surface area contributed by atoms with Gasteiger partial charge in [0.15, 0.2) is 9.84 Å². The number of carbonyl (C=O) groups excluding carboxylic acids is 1. The Hall–Kier alpha value is -1.67. The number of rotatable bonds is 3. The summed E-state index contributed by atoms with van der Waals surface area (Å²) in [4.78, 5) is 17.7. The van der Waals surface area contributed by atoms with Crippen LogP contribution in [-0.4, -0.2) is 67.1 Å². The molecule has 20 heavy (non-hydrogen) atoms. The average molecular weight is 299 g/mol. The highest BCUT2D eigenvalue weighted by atomic mass is 32.2. The van der Waals surface area contributed by atoms with Crippen molar-refractivity contribution in [3.63, 3.8) is 0 Å². The van der Waals surface area contributed by atoms with Crippen molar-refractivity contribution in [2.75, 3.05) is 30.9 Å². The lowest BCUT2D eigenvalue weighted by Gasteiger charge is -2.26. The number of aliphatic hydroxyl groups is 1. The van der Waals surface area contributed by atoms with E-state index in [0.717, 1.165) is 0 Å². The Kier molecular flexibility index (Phi) is 3.96. The molecule has 2 rings (SSSR count). The van der Waals surface area contributed by atoms with E-state index in [-0.39, 0.29) is 17.4 Å². The lowest BCUT2D eigenvalue weighted by molar-refractivity contribution is 0.0582. The molecule has 2 N–H and O–H groups in total. The fourth-order valence-electron chi connectivity index (χ4n) is 2.30. The number of pyridine rings is 1. The minimum atomic E-state index is -3.30. The third kappa shape index (κ3) is 2.75. The van der Waals surface area contributed by atoms with Crippen LogP contribution in [0.4, 0.5) is 5.82 Å². The minimum absolute atomic E-state index is 0.217. The van der Waals surface area contributed by atoms with Crippen LogP contribution in [0.5, 0.6) is 0 Å². The first kappa shape index (κ1) is 14.7. The lowest BCUT2D eigenvalue weighted by atomic mass is 10.1. The van der Waals surface area contributed by atoms with E-state index >= 15 is 0 Å². The Morgan fingerprint density at radius 2 is 2.20 bits per heavy atom. The zero-order valence-corrected chi connectivity index (χ0v) is 12.1. The number of amides is 1. The molecule has 1 aliphatic rings. The molecule has 0 aromatic carbocycles. The highest BCUT2D eigenvalue weighted by molar-refractivity contribution is 7.91. The van der Waals surface area contributed by atoms with E-state index in [0.29, 0.717) is 11.4 Å². The highest BCUT2D eigenvalue weighted by Gasteiger charge is 2.40. The van der Waals surface area contributed by atoms with E-state index in [4.69, 9.17) is 0 Å². The second kappa shape index (κ2) is 5.37. The van der Waals surface area contributed by atoms with Gasteiger partial charge in [-0.1, -0.05) is 0 Å². The van der Waals surface area contributed by atoms with Crippen LogP contribution in [0.3, 0.4) is 0 Å². The Balaban J connectivity index is 2.25. The SMILES string of the molecule is CNc1ncccc1C(=O)N(C)[C@@H]1CS(=O)(=O)C[C@H]1O. The zero-order valence-electron chi connectivity index (χ0n) is 11.3. The van der Waals surface area contributed by atoms with E-state index in [2.05, 4.69) is 10.3 Å². The number of aromatic nitrogens is 1. The largest absolute Gasteiger partial charge is 0.390 e. The summed E-state index contributed by atoms with van der Waals surface area (Å²) in [6.45, 7) is 0. The summed E-state index contributed by atoms with van der Waals surface area (Å²) < 4.78 is 23.0. The molecule has 110 valence electrons. The molecule has 0 aliphatic carbocycles. The van der Waals surface area contributed by atoms with Gasteiger partial charge >= 0.3 is 0 Å². The van der Waals surface area contributed by atoms with Gasteiger partial charge in [-0.05, 0) is 12.1 Å². The number of sulfone groups is 1. The fraction of sp³-hybridized carbons (Fsp3) is 0.500. The van der Waals surface area contributed by atoms with E-state index in [1.54, 1.807) is 25.4 Å². The molecule has 0 saturated carbocycles. The molecule has 0 bridgehead atoms. The van der Waals surface area contributed by atoms with Crippen LogP contribution >= 0.6 is 0 Å². The van der Waals surface area contributed by atoms with Gasteiger partial charge in [-0.2, -0.15) is 0 Å². The molecule has 1 saturated heterocycles. The normalized spacial score (nSPS) is 24.4. The molecule has 1 amide bonds. The number of nitrogens with one attached hydrogen (secondary N) is 1. The third-order valence-electron chi connectivity index (χ3n) is 3.39. The summed E-state index contributed by atoms with van der Waals surface area (Å²) in [5.41, 5.74) is 0.342. The number of carbonyl (C=O) groups is 1. The minimum Gasteiger partial charge on any atom is -0.390 e. The quantitative estimate of drug-likeness (QED) is 0.769. The number of anilines is 1. The number of aliphatic hydroxyl groups excluding tert-OH is 1. The van der Waals surface area contributed by atoms with Crippen LogP contribution < -0.4 is 5.32 Å². The molecular formula is C12H17N3O4S. The zero-order chi connectivity index (χ0) is 14.9. The number of hydrogen-bond acceptors (Lipinski definition) is 6. The molecule has 2 heterocycles. The van der Waals surface area contributed by atoms with Crippen LogP contribution in [0.25, 0.3) is 0 Å². The smallest absolute Gasteiger partial charge is 0.257 e. The Labute approximate surface area is 117 Å². The molecule has 0 unspecified atom stereocenters. The second-order valence-electron chi connectivity index (χ2n) is 4.78. The molecule has 0 radical (unpaired) electrons. The standard InChI is InChI=1S/C12H17N3O4S/c1-13-11-8(4-3-5-14-11)12(17)15(2)9-6-20(18,19)7-10(9)16/h3-5,9-10,16H,6-7H2,1-2H3,(H,13,14)/t9-,10-/m1/s1. The second-order valence-corrected chi connectivity index (χ2v) is 6.93. The molecule has 8 heteroatoms. The maximum Gasteiger partial charge on any atom is 0.257 e. The Morgan fingerprint density at radius 3 is 2.75 bits per heavy atom. The molecule has 1 aliphatic heterocycles. The van der Waals surface area contributed by atoms with Gasteiger partial charge in [0.1, 0.15) is 5.82 Å². The first-order valence-corrected chi connectivity index (χ1v) is 7.96. The summed E-state index contributed by atoms with van der Waals surface area (Å²) in [7, 11) is -0.160. The maximum absolute atomic E-state index is 12.4. The third-order valence-corrected chi connectivity index (χ3v) is 5.09. The number of hydrogen-bond donors (Lipinski definition) is 2. The van der Waals surface area contributed by atoms with Crippen molar-refractivity contribution in [1.82, 2.24) is 9.88 Å². The summed E-state index contributed by atoms with van der Waals surface area (Å²) in [6, 6.07) is 2.51. The molecular weight excluding hydrogens is 282 g/mol. The van der Waals surface area contributed by atoms with Crippen molar-refractivity contribution >= 4 is 21.6 Å². The monoisotopic (exact) mass is 299 g/mol. The number of nitrogens with zero attached hydrogens (tertiary/aromatic N) is 2. The lowest BCUT2D eigenvalue weighted by Crippen LogP contribution is -2.44. The predicted molar refractivity (Wildman–Crippen MR) is 74.3 cm³/mol. The highest BCUT2D eigenvalue weighted by Crippen LogP contribution is 2.21. The Morgan fingerprint density at radius 1 is 1.50 bits per heavy atom. The van der Waals surface area contributed by atoms with Crippen molar-refractivity contribution in [3.8, 4) is 0 Å². The van der Waals surface area contributed by atoms with Gasteiger partial charge in [0, 0.05) is 20.3 Å². The van der Waals surface area contributed by atoms with Gasteiger partial charge in [0.05, 0.1) is 29.2 Å². The van der Waals surface area contributed by atoms with Crippen LogP contribution in [0, 0.1) is 0 Å². The maximum atomic E-state index is 12.4. The van der Waals surface area contributed by atoms with Crippen molar-refractivity contribution in [2.24, 2.45) is 0 Å². The summed E-state index contributed by atoms with van der Waals surface area (Å²) in [5, 5.41) is 12.6. The molecule has 7 nitrogen and oxygen atoms in total. The van der Waals surface area contributed by atoms with Crippen LogP contribution in [-0.2, 0) is 9.84 Å².